The van der Waals surface area contributed by atoms with E-state index in [9.17, 15) is 9.59 Å². The second kappa shape index (κ2) is 7.25. The molecule has 0 saturated carbocycles. The summed E-state index contributed by atoms with van der Waals surface area (Å²) in [6.07, 6.45) is -0.366. The van der Waals surface area contributed by atoms with E-state index in [1.54, 1.807) is 19.2 Å². The van der Waals surface area contributed by atoms with E-state index in [0.29, 0.717) is 6.42 Å². The molecule has 1 amide bonds. The van der Waals surface area contributed by atoms with Gasteiger partial charge in [0, 0.05) is 6.42 Å². The summed E-state index contributed by atoms with van der Waals surface area (Å²) in [6.45, 7) is 0. The van der Waals surface area contributed by atoms with Crippen LogP contribution in [0.1, 0.15) is 5.56 Å². The minimum absolute atomic E-state index is 0.311. The smallest absolute Gasteiger partial charge is 0.407 e. The van der Waals surface area contributed by atoms with Crippen molar-refractivity contribution in [1.82, 2.24) is 5.32 Å². The van der Waals surface area contributed by atoms with Gasteiger partial charge in [-0.05, 0) is 17.7 Å². The third-order valence-corrected chi connectivity index (χ3v) is 2.56. The predicted octanol–water partition coefficient (Wildman–Crippen LogP) is 1.14. The number of methoxy groups -OCH3 is 3. The Morgan fingerprint density at radius 2 is 1.74 bits per heavy atom. The van der Waals surface area contributed by atoms with Crippen molar-refractivity contribution in [2.75, 3.05) is 21.3 Å². The Balaban J connectivity index is 2.75. The van der Waals surface area contributed by atoms with Crippen molar-refractivity contribution >= 4 is 12.1 Å². The average molecular weight is 267 g/mol. The molecule has 0 heterocycles. The van der Waals surface area contributed by atoms with Gasteiger partial charge in [-0.15, -0.1) is 0 Å². The zero-order valence-corrected chi connectivity index (χ0v) is 11.1. The van der Waals surface area contributed by atoms with Crippen LogP contribution in [0.4, 0.5) is 4.79 Å². The molecule has 0 aromatic heterocycles. The molecular weight excluding hydrogens is 250 g/mol. The molecule has 19 heavy (non-hydrogen) atoms. The summed E-state index contributed by atoms with van der Waals surface area (Å²) in [4.78, 5) is 22.7. The van der Waals surface area contributed by atoms with Crippen LogP contribution >= 0.6 is 0 Å². The number of ether oxygens (including phenoxy) is 3. The van der Waals surface area contributed by atoms with E-state index in [-0.39, 0.29) is 0 Å². The van der Waals surface area contributed by atoms with Gasteiger partial charge in [0.25, 0.3) is 0 Å². The van der Waals surface area contributed by atoms with Crippen LogP contribution in [0.25, 0.3) is 0 Å². The molecular formula is C13H17NO5. The van der Waals surface area contributed by atoms with Crippen LogP contribution in [0.2, 0.25) is 0 Å². The third kappa shape index (κ3) is 4.50. The van der Waals surface area contributed by atoms with E-state index in [1.807, 2.05) is 12.1 Å². The van der Waals surface area contributed by atoms with Crippen LogP contribution < -0.4 is 10.1 Å². The highest BCUT2D eigenvalue weighted by Gasteiger charge is 2.22. The first-order chi connectivity index (χ1) is 9.10. The fourth-order valence-electron chi connectivity index (χ4n) is 1.53. The first kappa shape index (κ1) is 14.8. The predicted molar refractivity (Wildman–Crippen MR) is 68.0 cm³/mol. The molecule has 6 nitrogen and oxygen atoms in total. The fraction of sp³-hybridized carbons (Fsp3) is 0.385. The number of hydrogen-bond acceptors (Lipinski definition) is 5. The Labute approximate surface area is 111 Å². The Hall–Kier alpha value is -2.24. The average Bonchev–Trinajstić information content (AvgIpc) is 2.46. The number of amides is 1. The van der Waals surface area contributed by atoms with Gasteiger partial charge in [-0.1, -0.05) is 12.1 Å². The molecule has 1 aromatic rings. The molecule has 0 unspecified atom stereocenters. The molecule has 0 spiro atoms. The summed E-state index contributed by atoms with van der Waals surface area (Å²) >= 11 is 0. The van der Waals surface area contributed by atoms with E-state index < -0.39 is 18.1 Å². The van der Waals surface area contributed by atoms with E-state index >= 15 is 0 Å². The number of carbonyl (C=O) groups excluding carboxylic acids is 2. The molecule has 0 aliphatic carbocycles. The molecule has 0 aliphatic heterocycles. The highest BCUT2D eigenvalue weighted by molar-refractivity contribution is 5.81. The summed E-state index contributed by atoms with van der Waals surface area (Å²) in [5.74, 6) is 0.195. The molecule has 1 atom stereocenters. The molecule has 1 rings (SSSR count). The quantitative estimate of drug-likeness (QED) is 0.810. The molecule has 0 aliphatic rings. The van der Waals surface area contributed by atoms with Crippen LogP contribution in [0.3, 0.4) is 0 Å². The van der Waals surface area contributed by atoms with Gasteiger partial charge in [0.05, 0.1) is 21.3 Å². The second-order valence-electron chi connectivity index (χ2n) is 3.76. The van der Waals surface area contributed by atoms with Crippen LogP contribution in [0.15, 0.2) is 24.3 Å². The van der Waals surface area contributed by atoms with Crippen molar-refractivity contribution in [3.05, 3.63) is 29.8 Å². The van der Waals surface area contributed by atoms with E-state index in [0.717, 1.165) is 11.3 Å². The Bertz CT molecular complexity index is 429. The van der Waals surface area contributed by atoms with Gasteiger partial charge in [-0.3, -0.25) is 0 Å². The molecule has 104 valence electrons. The second-order valence-corrected chi connectivity index (χ2v) is 3.76. The lowest BCUT2D eigenvalue weighted by molar-refractivity contribution is -0.142. The SMILES string of the molecule is COC(=O)N[C@@H](Cc1ccc(OC)cc1)C(=O)OC. The molecule has 0 radical (unpaired) electrons. The molecule has 1 aromatic carbocycles. The minimum Gasteiger partial charge on any atom is -0.497 e. The lowest BCUT2D eigenvalue weighted by atomic mass is 10.1. The van der Waals surface area contributed by atoms with Crippen molar-refractivity contribution in [3.8, 4) is 5.75 Å². The van der Waals surface area contributed by atoms with Gasteiger partial charge in [0.2, 0.25) is 0 Å². The minimum atomic E-state index is -0.786. The van der Waals surface area contributed by atoms with Crippen LogP contribution in [0, 0.1) is 0 Å². The number of rotatable bonds is 5. The topological polar surface area (TPSA) is 73.9 Å². The van der Waals surface area contributed by atoms with Gasteiger partial charge in [-0.2, -0.15) is 0 Å². The Kier molecular flexibility index (Phi) is 5.66. The van der Waals surface area contributed by atoms with E-state index in [4.69, 9.17) is 4.74 Å². The molecule has 0 fully saturated rings. The maximum Gasteiger partial charge on any atom is 0.407 e. The Morgan fingerprint density at radius 1 is 1.11 bits per heavy atom. The lowest BCUT2D eigenvalue weighted by Crippen LogP contribution is -2.42. The highest BCUT2D eigenvalue weighted by Crippen LogP contribution is 2.13. The van der Waals surface area contributed by atoms with Gasteiger partial charge in [-0.25, -0.2) is 9.59 Å². The Morgan fingerprint density at radius 3 is 2.21 bits per heavy atom. The molecule has 0 saturated heterocycles. The highest BCUT2D eigenvalue weighted by atomic mass is 16.5. The van der Waals surface area contributed by atoms with Gasteiger partial charge >= 0.3 is 12.1 Å². The van der Waals surface area contributed by atoms with Crippen LogP contribution in [-0.2, 0) is 20.7 Å². The zero-order valence-electron chi connectivity index (χ0n) is 11.1. The number of carbonyl (C=O) groups is 2. The lowest BCUT2D eigenvalue weighted by Gasteiger charge is -2.15. The third-order valence-electron chi connectivity index (χ3n) is 2.56. The van der Waals surface area contributed by atoms with Gasteiger partial charge < -0.3 is 19.5 Å². The largest absolute Gasteiger partial charge is 0.497 e. The number of esters is 1. The van der Waals surface area contributed by atoms with Crippen molar-refractivity contribution < 1.29 is 23.8 Å². The fourth-order valence-corrected chi connectivity index (χ4v) is 1.53. The van der Waals surface area contributed by atoms with Crippen LogP contribution in [-0.4, -0.2) is 39.4 Å². The maximum atomic E-state index is 11.6. The normalized spacial score (nSPS) is 11.3. The zero-order chi connectivity index (χ0) is 14.3. The summed E-state index contributed by atoms with van der Waals surface area (Å²) in [7, 11) is 4.07. The number of benzene rings is 1. The number of alkyl carbamates (subject to hydrolysis) is 1. The van der Waals surface area contributed by atoms with E-state index in [1.165, 1.54) is 14.2 Å². The maximum absolute atomic E-state index is 11.6. The number of nitrogens with one attached hydrogen (secondary N) is 1. The van der Waals surface area contributed by atoms with Gasteiger partial charge in [0.15, 0.2) is 0 Å². The molecule has 0 bridgehead atoms. The summed E-state index contributed by atoms with van der Waals surface area (Å²) < 4.78 is 14.2. The number of hydrogen-bond donors (Lipinski definition) is 1. The van der Waals surface area contributed by atoms with Crippen LogP contribution in [0.5, 0.6) is 5.75 Å². The molecule has 6 heteroatoms. The first-order valence-corrected chi connectivity index (χ1v) is 5.66. The van der Waals surface area contributed by atoms with E-state index in [2.05, 4.69) is 14.8 Å². The summed E-state index contributed by atoms with van der Waals surface area (Å²) in [5, 5.41) is 2.43. The summed E-state index contributed by atoms with van der Waals surface area (Å²) in [6, 6.07) is 6.40. The van der Waals surface area contributed by atoms with Crippen molar-refractivity contribution in [2.45, 2.75) is 12.5 Å². The molecule has 1 N–H and O–H groups in total. The first-order valence-electron chi connectivity index (χ1n) is 5.66. The summed E-state index contributed by atoms with van der Waals surface area (Å²) in [5.41, 5.74) is 0.868. The van der Waals surface area contributed by atoms with Crippen molar-refractivity contribution in [1.29, 1.82) is 0 Å². The standard InChI is InChI=1S/C13H17NO5/c1-17-10-6-4-9(5-7-10)8-11(12(15)18-2)14-13(16)19-3/h4-7,11H,8H2,1-3H3,(H,14,16)/t11-/m0/s1. The van der Waals surface area contributed by atoms with Crippen molar-refractivity contribution in [2.24, 2.45) is 0 Å². The van der Waals surface area contributed by atoms with Gasteiger partial charge in [0.1, 0.15) is 11.8 Å². The van der Waals surface area contributed by atoms with Crippen molar-refractivity contribution in [3.63, 3.8) is 0 Å². The monoisotopic (exact) mass is 267 g/mol.